The largest absolute Gasteiger partial charge is 0.508 e. The summed E-state index contributed by atoms with van der Waals surface area (Å²) in [5.74, 6) is -0.556. The van der Waals surface area contributed by atoms with Crippen LogP contribution in [0.25, 0.3) is 27.7 Å². The second-order valence-electron chi connectivity index (χ2n) is 9.18. The smallest absolute Gasteiger partial charge is 0.433 e. The molecule has 0 fully saturated rings. The van der Waals surface area contributed by atoms with Crippen molar-refractivity contribution < 1.29 is 23.1 Å². The fourth-order valence-corrected chi connectivity index (χ4v) is 4.41. The first-order valence-corrected chi connectivity index (χ1v) is 11.6. The van der Waals surface area contributed by atoms with E-state index in [1.54, 1.807) is 37.3 Å². The Morgan fingerprint density at radius 3 is 2.51 bits per heavy atom. The van der Waals surface area contributed by atoms with Crippen LogP contribution in [0.15, 0.2) is 66.9 Å². The highest BCUT2D eigenvalue weighted by Crippen LogP contribution is 2.35. The van der Waals surface area contributed by atoms with Gasteiger partial charge < -0.3 is 10.4 Å². The number of fused-ring (bicyclic) bond motifs is 2. The number of phenols is 1. The van der Waals surface area contributed by atoms with Gasteiger partial charge in [-0.25, -0.2) is 9.50 Å². The summed E-state index contributed by atoms with van der Waals surface area (Å²) in [5.41, 5.74) is 0.906. The van der Waals surface area contributed by atoms with Gasteiger partial charge in [0, 0.05) is 11.3 Å². The summed E-state index contributed by atoms with van der Waals surface area (Å²) in [6, 6.07) is 16.8. The van der Waals surface area contributed by atoms with Crippen molar-refractivity contribution in [1.82, 2.24) is 14.6 Å². The summed E-state index contributed by atoms with van der Waals surface area (Å²) < 4.78 is 42.9. The molecule has 0 aliphatic carbocycles. The maximum absolute atomic E-state index is 14.1. The summed E-state index contributed by atoms with van der Waals surface area (Å²) in [6.07, 6.45) is -3.65. The van der Waals surface area contributed by atoms with E-state index in [0.29, 0.717) is 26.9 Å². The summed E-state index contributed by atoms with van der Waals surface area (Å²) in [6.45, 7) is 5.52. The van der Waals surface area contributed by atoms with Crippen molar-refractivity contribution in [1.29, 1.82) is 0 Å². The first kappa shape index (κ1) is 24.3. The number of phenolic OH excluding ortho intramolecular Hbond substituents is 1. The number of aryl methyl sites for hydroxylation is 1. The molecule has 0 aliphatic heterocycles. The molecule has 0 saturated heterocycles. The highest BCUT2D eigenvalue weighted by Gasteiger charge is 2.36. The zero-order valence-corrected chi connectivity index (χ0v) is 20.3. The molecule has 0 bridgehead atoms. The van der Waals surface area contributed by atoms with Crippen LogP contribution in [0.3, 0.4) is 0 Å². The van der Waals surface area contributed by atoms with Gasteiger partial charge in [0.15, 0.2) is 11.3 Å². The molecule has 0 aliphatic rings. The van der Waals surface area contributed by atoms with Crippen molar-refractivity contribution in [3.8, 4) is 17.0 Å². The molecule has 2 aromatic heterocycles. The van der Waals surface area contributed by atoms with Gasteiger partial charge in [0.1, 0.15) is 11.3 Å². The number of nitrogens with one attached hydrogen (secondary N) is 1. The molecule has 6 nitrogen and oxygen atoms in total. The molecule has 5 aromatic rings. The Hall–Kier alpha value is -4.40. The number of carbonyl (C=O) groups is 1. The third-order valence-corrected chi connectivity index (χ3v) is 6.32. The standard InChI is InChI=1S/C28H23F3N4O2/c1-15(2)20-12-22(16(3)11-24(20)36)34-27(37)21-14-32-35-25(28(29,30)31)13-23(33-26(21)35)19-10-6-8-17-7-4-5-9-18(17)19/h4-15,36H,1-3H3,(H,34,37). The van der Waals surface area contributed by atoms with E-state index in [1.807, 2.05) is 38.1 Å². The molecule has 0 unspecified atom stereocenters. The van der Waals surface area contributed by atoms with E-state index in [1.165, 1.54) is 0 Å². The molecule has 3 aromatic carbocycles. The quantitative estimate of drug-likeness (QED) is 0.259. The van der Waals surface area contributed by atoms with Crippen LogP contribution in [-0.2, 0) is 6.18 Å². The molecule has 0 saturated carbocycles. The third kappa shape index (κ3) is 4.37. The molecule has 2 N–H and O–H groups in total. The molecular weight excluding hydrogens is 481 g/mol. The van der Waals surface area contributed by atoms with Gasteiger partial charge in [-0.05, 0) is 52.9 Å². The van der Waals surface area contributed by atoms with Gasteiger partial charge in [0.05, 0.1) is 11.9 Å². The van der Waals surface area contributed by atoms with E-state index in [4.69, 9.17) is 0 Å². The van der Waals surface area contributed by atoms with Crippen molar-refractivity contribution in [2.24, 2.45) is 0 Å². The second-order valence-corrected chi connectivity index (χ2v) is 9.18. The summed E-state index contributed by atoms with van der Waals surface area (Å²) in [7, 11) is 0. The molecule has 0 spiro atoms. The highest BCUT2D eigenvalue weighted by atomic mass is 19.4. The number of anilines is 1. The Balaban J connectivity index is 1.66. The first-order valence-electron chi connectivity index (χ1n) is 11.6. The van der Waals surface area contributed by atoms with Gasteiger partial charge in [0.2, 0.25) is 0 Å². The predicted molar refractivity (Wildman–Crippen MR) is 136 cm³/mol. The number of aromatic nitrogens is 3. The summed E-state index contributed by atoms with van der Waals surface area (Å²) in [5, 5.41) is 18.4. The van der Waals surface area contributed by atoms with Gasteiger partial charge >= 0.3 is 6.18 Å². The minimum Gasteiger partial charge on any atom is -0.508 e. The average molecular weight is 505 g/mol. The van der Waals surface area contributed by atoms with Gasteiger partial charge in [-0.3, -0.25) is 4.79 Å². The van der Waals surface area contributed by atoms with E-state index in [0.717, 1.165) is 23.0 Å². The Bertz CT molecular complexity index is 1670. The van der Waals surface area contributed by atoms with Gasteiger partial charge in [-0.1, -0.05) is 56.3 Å². The number of carbonyl (C=O) groups excluding carboxylic acids is 1. The average Bonchev–Trinajstić information content (AvgIpc) is 3.28. The van der Waals surface area contributed by atoms with Gasteiger partial charge in [-0.2, -0.15) is 18.3 Å². The minimum absolute atomic E-state index is 0.00695. The van der Waals surface area contributed by atoms with E-state index in [-0.39, 0.29) is 28.6 Å². The van der Waals surface area contributed by atoms with Crippen molar-refractivity contribution >= 4 is 28.0 Å². The molecule has 37 heavy (non-hydrogen) atoms. The Morgan fingerprint density at radius 2 is 1.78 bits per heavy atom. The highest BCUT2D eigenvalue weighted by molar-refractivity contribution is 6.09. The molecule has 188 valence electrons. The number of hydrogen-bond donors (Lipinski definition) is 2. The van der Waals surface area contributed by atoms with Crippen LogP contribution >= 0.6 is 0 Å². The van der Waals surface area contributed by atoms with Gasteiger partial charge in [0.25, 0.3) is 5.91 Å². The summed E-state index contributed by atoms with van der Waals surface area (Å²) in [4.78, 5) is 17.8. The van der Waals surface area contributed by atoms with Crippen molar-refractivity contribution in [2.75, 3.05) is 5.32 Å². The topological polar surface area (TPSA) is 79.5 Å². The van der Waals surface area contributed by atoms with Crippen LogP contribution in [0.2, 0.25) is 0 Å². The number of halogens is 3. The lowest BCUT2D eigenvalue weighted by molar-refractivity contribution is -0.142. The zero-order chi connectivity index (χ0) is 26.5. The van der Waals surface area contributed by atoms with Crippen LogP contribution in [0, 0.1) is 6.92 Å². The number of amides is 1. The second kappa shape index (κ2) is 8.92. The Labute approximate surface area is 210 Å². The van der Waals surface area contributed by atoms with E-state index < -0.39 is 17.8 Å². The Kier molecular flexibility index (Phi) is 5.86. The summed E-state index contributed by atoms with van der Waals surface area (Å²) >= 11 is 0. The molecule has 1 amide bonds. The molecule has 5 rings (SSSR count). The van der Waals surface area contributed by atoms with Gasteiger partial charge in [-0.15, -0.1) is 0 Å². The number of nitrogens with zero attached hydrogens (tertiary/aromatic N) is 3. The molecule has 0 atom stereocenters. The number of benzene rings is 3. The van der Waals surface area contributed by atoms with Crippen molar-refractivity contribution in [3.63, 3.8) is 0 Å². The van der Waals surface area contributed by atoms with Crippen LogP contribution in [-0.4, -0.2) is 25.6 Å². The normalized spacial score (nSPS) is 12.0. The lowest BCUT2D eigenvalue weighted by Gasteiger charge is -2.15. The zero-order valence-electron chi connectivity index (χ0n) is 20.3. The maximum Gasteiger partial charge on any atom is 0.433 e. The lowest BCUT2D eigenvalue weighted by atomic mass is 9.99. The van der Waals surface area contributed by atoms with E-state index >= 15 is 0 Å². The first-order chi connectivity index (χ1) is 17.5. The lowest BCUT2D eigenvalue weighted by Crippen LogP contribution is -2.16. The maximum atomic E-state index is 14.1. The minimum atomic E-state index is -4.74. The number of aromatic hydroxyl groups is 1. The molecule has 9 heteroatoms. The van der Waals surface area contributed by atoms with Crippen molar-refractivity contribution in [2.45, 2.75) is 32.9 Å². The van der Waals surface area contributed by atoms with Crippen LogP contribution in [0.5, 0.6) is 5.75 Å². The number of alkyl halides is 3. The fraction of sp³-hybridized carbons (Fsp3) is 0.179. The number of rotatable bonds is 4. The van der Waals surface area contributed by atoms with E-state index in [2.05, 4.69) is 15.4 Å². The van der Waals surface area contributed by atoms with Crippen molar-refractivity contribution in [3.05, 3.63) is 89.2 Å². The monoisotopic (exact) mass is 504 g/mol. The number of hydrogen-bond acceptors (Lipinski definition) is 4. The van der Waals surface area contributed by atoms with E-state index in [9.17, 15) is 23.1 Å². The molecule has 0 radical (unpaired) electrons. The predicted octanol–water partition coefficient (Wildman–Crippen LogP) is 6.96. The fourth-order valence-electron chi connectivity index (χ4n) is 4.41. The SMILES string of the molecule is Cc1cc(O)c(C(C)C)cc1NC(=O)c1cnn2c(C(F)(F)F)cc(-c3cccc4ccccc34)nc12. The molecular formula is C28H23F3N4O2. The third-order valence-electron chi connectivity index (χ3n) is 6.32. The Morgan fingerprint density at radius 1 is 1.05 bits per heavy atom. The van der Waals surface area contributed by atoms with Crippen LogP contribution in [0.1, 0.15) is 46.9 Å². The van der Waals surface area contributed by atoms with Crippen LogP contribution in [0.4, 0.5) is 18.9 Å². The molecule has 2 heterocycles. The van der Waals surface area contributed by atoms with Crippen LogP contribution < -0.4 is 5.32 Å².